The molecule has 0 aromatic rings. The lowest BCUT2D eigenvalue weighted by Gasteiger charge is -2.42. The zero-order chi connectivity index (χ0) is 16.3. The molecule has 1 fully saturated rings. The van der Waals surface area contributed by atoms with Crippen molar-refractivity contribution in [3.8, 4) is 0 Å². The summed E-state index contributed by atoms with van der Waals surface area (Å²) in [7, 11) is 0. The van der Waals surface area contributed by atoms with Crippen LogP contribution in [0.4, 0.5) is 0 Å². The van der Waals surface area contributed by atoms with E-state index in [2.05, 4.69) is 37.5 Å². The van der Waals surface area contributed by atoms with Crippen LogP contribution in [0.3, 0.4) is 0 Å². The van der Waals surface area contributed by atoms with Crippen LogP contribution in [-0.4, -0.2) is 87.7 Å². The van der Waals surface area contributed by atoms with Crippen LogP contribution < -0.4 is 0 Å². The Morgan fingerprint density at radius 2 is 1.23 bits per heavy atom. The molecule has 5 nitrogen and oxygen atoms in total. The van der Waals surface area contributed by atoms with Gasteiger partial charge in [0.15, 0.2) is 0 Å². The molecule has 0 atom stereocenters. The van der Waals surface area contributed by atoms with Gasteiger partial charge in [-0.05, 0) is 27.2 Å². The maximum Gasteiger partial charge on any atom is 0.0701 e. The summed E-state index contributed by atoms with van der Waals surface area (Å²) in [5, 5.41) is 0. The fourth-order valence-electron chi connectivity index (χ4n) is 2.52. The van der Waals surface area contributed by atoms with Crippen molar-refractivity contribution in [3.63, 3.8) is 0 Å². The van der Waals surface area contributed by atoms with Crippen LogP contribution in [0.25, 0.3) is 0 Å². The summed E-state index contributed by atoms with van der Waals surface area (Å²) in [5.41, 5.74) is 0.292. The monoisotopic (exact) mass is 316 g/mol. The molecule has 132 valence electrons. The molecule has 0 amide bonds. The van der Waals surface area contributed by atoms with E-state index >= 15 is 0 Å². The summed E-state index contributed by atoms with van der Waals surface area (Å²) in [5.74, 6) is 0. The van der Waals surface area contributed by atoms with Gasteiger partial charge in [-0.15, -0.1) is 0 Å². The SMILES string of the molecule is CCCOCCOCCOCCN1CCN(C(C)(C)C)CC1. The summed E-state index contributed by atoms with van der Waals surface area (Å²) < 4.78 is 16.4. The van der Waals surface area contributed by atoms with Crippen LogP contribution in [0.15, 0.2) is 0 Å². The van der Waals surface area contributed by atoms with Crippen molar-refractivity contribution in [1.29, 1.82) is 0 Å². The van der Waals surface area contributed by atoms with Gasteiger partial charge in [0.2, 0.25) is 0 Å². The maximum atomic E-state index is 5.64. The molecule has 0 N–H and O–H groups in total. The highest BCUT2D eigenvalue weighted by atomic mass is 16.5. The third kappa shape index (κ3) is 9.06. The fraction of sp³-hybridized carbons (Fsp3) is 1.00. The minimum Gasteiger partial charge on any atom is -0.379 e. The topological polar surface area (TPSA) is 34.2 Å². The predicted octanol–water partition coefficient (Wildman–Crippen LogP) is 1.86. The summed E-state index contributed by atoms with van der Waals surface area (Å²) >= 11 is 0. The van der Waals surface area contributed by atoms with Crippen molar-refractivity contribution >= 4 is 0 Å². The minimum absolute atomic E-state index is 0.292. The van der Waals surface area contributed by atoms with Crippen molar-refractivity contribution < 1.29 is 14.2 Å². The first-order chi connectivity index (χ1) is 10.5. The maximum absolute atomic E-state index is 5.64. The number of hydrogen-bond acceptors (Lipinski definition) is 5. The van der Waals surface area contributed by atoms with E-state index in [0.29, 0.717) is 32.0 Å². The second kappa shape index (κ2) is 11.4. The van der Waals surface area contributed by atoms with Gasteiger partial charge in [0, 0.05) is 44.9 Å². The lowest BCUT2D eigenvalue weighted by molar-refractivity contribution is 0.00433. The van der Waals surface area contributed by atoms with Gasteiger partial charge in [0.25, 0.3) is 0 Å². The second-order valence-electron chi connectivity index (χ2n) is 6.84. The van der Waals surface area contributed by atoms with Crippen LogP contribution in [-0.2, 0) is 14.2 Å². The lowest BCUT2D eigenvalue weighted by Crippen LogP contribution is -2.53. The Morgan fingerprint density at radius 1 is 0.727 bits per heavy atom. The molecule has 1 rings (SSSR count). The Balaban J connectivity index is 1.88. The standard InChI is InChI=1S/C17H36N2O3/c1-5-11-20-13-15-22-16-14-21-12-10-18-6-8-19(9-7-18)17(2,3)4/h5-16H2,1-4H3. The first kappa shape index (κ1) is 19.8. The molecule has 0 aliphatic carbocycles. The summed E-state index contributed by atoms with van der Waals surface area (Å²) in [6.45, 7) is 18.9. The molecule has 1 saturated heterocycles. The van der Waals surface area contributed by atoms with Gasteiger partial charge in [0.05, 0.1) is 33.0 Å². The van der Waals surface area contributed by atoms with Crippen molar-refractivity contribution in [2.24, 2.45) is 0 Å². The Morgan fingerprint density at radius 3 is 1.73 bits per heavy atom. The third-order valence-electron chi connectivity index (χ3n) is 3.97. The molecule has 0 bridgehead atoms. The van der Waals surface area contributed by atoms with Crippen LogP contribution in [0.1, 0.15) is 34.1 Å². The van der Waals surface area contributed by atoms with E-state index in [4.69, 9.17) is 14.2 Å². The van der Waals surface area contributed by atoms with Crippen LogP contribution >= 0.6 is 0 Å². The van der Waals surface area contributed by atoms with Gasteiger partial charge >= 0.3 is 0 Å². The molecule has 0 spiro atoms. The van der Waals surface area contributed by atoms with Gasteiger partial charge in [-0.1, -0.05) is 6.92 Å². The zero-order valence-corrected chi connectivity index (χ0v) is 15.1. The highest BCUT2D eigenvalue weighted by Gasteiger charge is 2.25. The summed E-state index contributed by atoms with van der Waals surface area (Å²) in [6, 6.07) is 0. The minimum atomic E-state index is 0.292. The van der Waals surface area contributed by atoms with E-state index < -0.39 is 0 Å². The van der Waals surface area contributed by atoms with Gasteiger partial charge in [-0.2, -0.15) is 0 Å². The third-order valence-corrected chi connectivity index (χ3v) is 3.97. The van der Waals surface area contributed by atoms with Gasteiger partial charge in [0.1, 0.15) is 0 Å². The molecule has 0 aromatic heterocycles. The Labute approximate surface area is 136 Å². The molecule has 5 heteroatoms. The Bertz CT molecular complexity index is 261. The molecule has 1 aliphatic rings. The van der Waals surface area contributed by atoms with Crippen LogP contribution in [0, 0.1) is 0 Å². The van der Waals surface area contributed by atoms with Crippen LogP contribution in [0.2, 0.25) is 0 Å². The van der Waals surface area contributed by atoms with E-state index in [0.717, 1.165) is 52.4 Å². The number of hydrogen-bond donors (Lipinski definition) is 0. The number of piperazine rings is 1. The quantitative estimate of drug-likeness (QED) is 0.544. The van der Waals surface area contributed by atoms with Gasteiger partial charge in [-0.25, -0.2) is 0 Å². The number of ether oxygens (including phenoxy) is 3. The number of rotatable bonds is 11. The predicted molar refractivity (Wildman–Crippen MR) is 90.5 cm³/mol. The highest BCUT2D eigenvalue weighted by molar-refractivity contribution is 4.81. The Kier molecular flexibility index (Phi) is 10.2. The van der Waals surface area contributed by atoms with E-state index in [1.807, 2.05) is 0 Å². The second-order valence-corrected chi connectivity index (χ2v) is 6.84. The lowest BCUT2D eigenvalue weighted by atomic mass is 10.1. The molecule has 1 aliphatic heterocycles. The largest absolute Gasteiger partial charge is 0.379 e. The fourth-order valence-corrected chi connectivity index (χ4v) is 2.52. The average molecular weight is 316 g/mol. The molecule has 1 heterocycles. The van der Waals surface area contributed by atoms with E-state index in [9.17, 15) is 0 Å². The molecule has 0 unspecified atom stereocenters. The molecular formula is C17H36N2O3. The Hall–Kier alpha value is -0.200. The molecule has 22 heavy (non-hydrogen) atoms. The first-order valence-electron chi connectivity index (χ1n) is 8.74. The summed E-state index contributed by atoms with van der Waals surface area (Å²) in [6.07, 6.45) is 1.06. The molecule has 0 saturated carbocycles. The van der Waals surface area contributed by atoms with Crippen molar-refractivity contribution in [2.45, 2.75) is 39.7 Å². The number of nitrogens with zero attached hydrogens (tertiary/aromatic N) is 2. The average Bonchev–Trinajstić information content (AvgIpc) is 2.49. The normalized spacial score (nSPS) is 18.0. The van der Waals surface area contributed by atoms with Crippen molar-refractivity contribution in [2.75, 3.05) is 72.4 Å². The van der Waals surface area contributed by atoms with Gasteiger partial charge < -0.3 is 14.2 Å². The molecule has 0 radical (unpaired) electrons. The first-order valence-corrected chi connectivity index (χ1v) is 8.74. The summed E-state index contributed by atoms with van der Waals surface area (Å²) in [4.78, 5) is 5.04. The van der Waals surface area contributed by atoms with Crippen molar-refractivity contribution in [3.05, 3.63) is 0 Å². The van der Waals surface area contributed by atoms with Gasteiger partial charge in [-0.3, -0.25) is 9.80 Å². The van der Waals surface area contributed by atoms with E-state index in [1.54, 1.807) is 0 Å². The smallest absolute Gasteiger partial charge is 0.0701 e. The van der Waals surface area contributed by atoms with Crippen LogP contribution in [0.5, 0.6) is 0 Å². The molecule has 0 aromatic carbocycles. The van der Waals surface area contributed by atoms with E-state index in [1.165, 1.54) is 0 Å². The zero-order valence-electron chi connectivity index (χ0n) is 15.1. The van der Waals surface area contributed by atoms with E-state index in [-0.39, 0.29) is 0 Å². The van der Waals surface area contributed by atoms with Crippen molar-refractivity contribution in [1.82, 2.24) is 9.80 Å². The highest BCUT2D eigenvalue weighted by Crippen LogP contribution is 2.15. The molecular weight excluding hydrogens is 280 g/mol.